The largest absolute Gasteiger partial charge is 0.389 e. The van der Waals surface area contributed by atoms with Crippen molar-refractivity contribution < 1.29 is 8.42 Å². The lowest BCUT2D eigenvalue weighted by Crippen LogP contribution is -2.35. The van der Waals surface area contributed by atoms with E-state index < -0.39 is 10.0 Å². The predicted octanol–water partition coefficient (Wildman–Crippen LogP) is 2.70. The van der Waals surface area contributed by atoms with E-state index in [1.807, 2.05) is 24.4 Å². The summed E-state index contributed by atoms with van der Waals surface area (Å²) in [4.78, 5) is 2.00. The number of sulfonamides is 1. The zero-order valence-corrected chi connectivity index (χ0v) is 14.9. The van der Waals surface area contributed by atoms with E-state index in [0.29, 0.717) is 11.3 Å². The molecule has 114 valence electrons. The summed E-state index contributed by atoms with van der Waals surface area (Å²) >= 11 is 7.61. The van der Waals surface area contributed by atoms with Crippen LogP contribution in [0.4, 0.5) is 0 Å². The van der Waals surface area contributed by atoms with E-state index in [1.54, 1.807) is 30.5 Å². The van der Waals surface area contributed by atoms with Gasteiger partial charge >= 0.3 is 0 Å². The number of likely N-dealkylation sites (N-methyl/N-ethyl adjacent to an activating group) is 1. The molecule has 0 fully saturated rings. The number of hydrogen-bond acceptors (Lipinski definition) is 5. The van der Waals surface area contributed by atoms with Crippen molar-refractivity contribution in [3.8, 4) is 0 Å². The Bertz CT molecular complexity index is 719. The molecule has 1 atom stereocenters. The second kappa shape index (κ2) is 6.53. The summed E-state index contributed by atoms with van der Waals surface area (Å²) in [6.45, 7) is 1.90. The van der Waals surface area contributed by atoms with Crippen molar-refractivity contribution in [3.05, 3.63) is 39.4 Å². The van der Waals surface area contributed by atoms with Crippen molar-refractivity contribution in [1.29, 1.82) is 0 Å². The third kappa shape index (κ3) is 3.70. The van der Waals surface area contributed by atoms with Crippen molar-refractivity contribution >= 4 is 49.9 Å². The lowest BCUT2D eigenvalue weighted by molar-refractivity contribution is 0.389. The standard InChI is InChI=1S/C13H16N2O2S4/c1-9(8-10-4-3-7-19-10)15(2)21(16,17)12-6-5-11(20-12)13(14)18/h3-7,9H,8H2,1-2H3,(H2,14,18). The molecule has 2 aromatic heterocycles. The van der Waals surface area contributed by atoms with E-state index in [-0.39, 0.29) is 15.2 Å². The van der Waals surface area contributed by atoms with Gasteiger partial charge in [-0.25, -0.2) is 8.42 Å². The molecule has 2 heterocycles. The summed E-state index contributed by atoms with van der Waals surface area (Å²) in [5.41, 5.74) is 5.53. The second-order valence-electron chi connectivity index (χ2n) is 4.64. The van der Waals surface area contributed by atoms with Crippen LogP contribution in [0.5, 0.6) is 0 Å². The molecule has 0 amide bonds. The molecule has 21 heavy (non-hydrogen) atoms. The molecule has 8 heteroatoms. The summed E-state index contributed by atoms with van der Waals surface area (Å²) < 4.78 is 26.9. The maximum absolute atomic E-state index is 12.6. The van der Waals surface area contributed by atoms with Crippen LogP contribution in [0.15, 0.2) is 33.9 Å². The van der Waals surface area contributed by atoms with Crippen molar-refractivity contribution in [3.63, 3.8) is 0 Å². The summed E-state index contributed by atoms with van der Waals surface area (Å²) in [6, 6.07) is 7.07. The van der Waals surface area contributed by atoms with Crippen molar-refractivity contribution in [2.75, 3.05) is 7.05 Å². The minimum absolute atomic E-state index is 0.121. The Morgan fingerprint density at radius 3 is 2.67 bits per heavy atom. The second-order valence-corrected chi connectivity index (χ2v) is 9.42. The fourth-order valence-corrected chi connectivity index (χ4v) is 5.54. The van der Waals surface area contributed by atoms with Crippen LogP contribution in [0.2, 0.25) is 0 Å². The van der Waals surface area contributed by atoms with Gasteiger partial charge in [0.05, 0.1) is 4.88 Å². The fourth-order valence-electron chi connectivity index (χ4n) is 1.82. The highest BCUT2D eigenvalue weighted by atomic mass is 32.2. The van der Waals surface area contributed by atoms with Gasteiger partial charge in [0.25, 0.3) is 10.0 Å². The van der Waals surface area contributed by atoms with Crippen LogP contribution in [0, 0.1) is 0 Å². The average molecular weight is 361 g/mol. The molecule has 4 nitrogen and oxygen atoms in total. The lowest BCUT2D eigenvalue weighted by Gasteiger charge is -2.23. The average Bonchev–Trinajstić information content (AvgIpc) is 3.08. The molecular formula is C13H16N2O2S4. The van der Waals surface area contributed by atoms with Gasteiger partial charge < -0.3 is 5.73 Å². The first kappa shape index (κ1) is 16.6. The Balaban J connectivity index is 2.19. The van der Waals surface area contributed by atoms with Gasteiger partial charge in [0, 0.05) is 18.0 Å². The Kier molecular flexibility index (Phi) is 5.15. The summed E-state index contributed by atoms with van der Waals surface area (Å²) in [5, 5.41) is 1.99. The SMILES string of the molecule is CC(Cc1cccs1)N(C)S(=O)(=O)c1ccc(C(N)=S)s1. The van der Waals surface area contributed by atoms with Crippen molar-refractivity contribution in [2.45, 2.75) is 23.6 Å². The summed E-state index contributed by atoms with van der Waals surface area (Å²) in [7, 11) is -1.91. The first-order valence-corrected chi connectivity index (χ1v) is 9.77. The van der Waals surface area contributed by atoms with Gasteiger partial charge in [0.15, 0.2) is 0 Å². The number of nitrogens with zero attached hydrogens (tertiary/aromatic N) is 1. The fraction of sp³-hybridized carbons (Fsp3) is 0.308. The molecule has 0 aliphatic carbocycles. The van der Waals surface area contributed by atoms with E-state index >= 15 is 0 Å². The summed E-state index contributed by atoms with van der Waals surface area (Å²) in [6.07, 6.45) is 0.695. The maximum atomic E-state index is 12.6. The predicted molar refractivity (Wildman–Crippen MR) is 92.6 cm³/mol. The maximum Gasteiger partial charge on any atom is 0.252 e. The zero-order valence-electron chi connectivity index (χ0n) is 11.6. The first-order chi connectivity index (χ1) is 9.82. The minimum atomic E-state index is -3.51. The Hall–Kier alpha value is -0.800. The molecule has 0 aliphatic heterocycles. The van der Waals surface area contributed by atoms with Crippen LogP contribution in [0.1, 0.15) is 16.7 Å². The minimum Gasteiger partial charge on any atom is -0.389 e. The molecule has 0 bridgehead atoms. The lowest BCUT2D eigenvalue weighted by atomic mass is 10.2. The Labute approximate surface area is 138 Å². The topological polar surface area (TPSA) is 63.4 Å². The normalized spacial score (nSPS) is 13.5. The van der Waals surface area contributed by atoms with E-state index in [4.69, 9.17) is 18.0 Å². The van der Waals surface area contributed by atoms with Gasteiger partial charge in [-0.05, 0) is 36.9 Å². The molecule has 0 saturated heterocycles. The van der Waals surface area contributed by atoms with Crippen LogP contribution >= 0.6 is 34.9 Å². The van der Waals surface area contributed by atoms with E-state index in [1.165, 1.54) is 9.18 Å². The van der Waals surface area contributed by atoms with Crippen LogP contribution in [0.3, 0.4) is 0 Å². The van der Waals surface area contributed by atoms with Crippen LogP contribution < -0.4 is 5.73 Å². The number of thiophene rings is 2. The molecule has 1 unspecified atom stereocenters. The highest BCUT2D eigenvalue weighted by Crippen LogP contribution is 2.26. The third-order valence-corrected chi connectivity index (χ3v) is 7.96. The molecule has 0 aliphatic rings. The quantitative estimate of drug-likeness (QED) is 0.805. The number of hydrogen-bond donors (Lipinski definition) is 1. The Morgan fingerprint density at radius 1 is 1.43 bits per heavy atom. The molecule has 2 aromatic rings. The highest BCUT2D eigenvalue weighted by Gasteiger charge is 2.27. The Morgan fingerprint density at radius 2 is 2.14 bits per heavy atom. The molecular weight excluding hydrogens is 344 g/mol. The van der Waals surface area contributed by atoms with E-state index in [9.17, 15) is 8.42 Å². The third-order valence-electron chi connectivity index (χ3n) is 3.15. The zero-order chi connectivity index (χ0) is 15.6. The molecule has 0 radical (unpaired) electrons. The number of nitrogens with two attached hydrogens (primary N) is 1. The van der Waals surface area contributed by atoms with Gasteiger partial charge in [0.1, 0.15) is 9.20 Å². The van der Waals surface area contributed by atoms with E-state index in [0.717, 1.165) is 11.3 Å². The van der Waals surface area contributed by atoms with Gasteiger partial charge in [0.2, 0.25) is 0 Å². The summed E-state index contributed by atoms with van der Waals surface area (Å²) in [5.74, 6) is 0. The van der Waals surface area contributed by atoms with Crippen LogP contribution in [-0.4, -0.2) is 30.8 Å². The number of thiocarbonyl (C=S) groups is 1. The molecule has 0 saturated carbocycles. The van der Waals surface area contributed by atoms with Crippen molar-refractivity contribution in [2.24, 2.45) is 5.73 Å². The number of rotatable bonds is 6. The molecule has 2 rings (SSSR count). The van der Waals surface area contributed by atoms with Crippen LogP contribution in [-0.2, 0) is 16.4 Å². The molecule has 0 aromatic carbocycles. The monoisotopic (exact) mass is 360 g/mol. The molecule has 2 N–H and O–H groups in total. The highest BCUT2D eigenvalue weighted by molar-refractivity contribution is 7.91. The van der Waals surface area contributed by atoms with Gasteiger partial charge in [-0.15, -0.1) is 22.7 Å². The van der Waals surface area contributed by atoms with Crippen LogP contribution in [0.25, 0.3) is 0 Å². The smallest absolute Gasteiger partial charge is 0.252 e. The first-order valence-electron chi connectivity index (χ1n) is 6.22. The van der Waals surface area contributed by atoms with Gasteiger partial charge in [-0.2, -0.15) is 4.31 Å². The van der Waals surface area contributed by atoms with Gasteiger partial charge in [-0.3, -0.25) is 0 Å². The van der Waals surface area contributed by atoms with E-state index in [2.05, 4.69) is 0 Å². The van der Waals surface area contributed by atoms with Gasteiger partial charge in [-0.1, -0.05) is 18.3 Å². The molecule has 0 spiro atoms. The van der Waals surface area contributed by atoms with Crippen molar-refractivity contribution in [1.82, 2.24) is 4.31 Å².